The van der Waals surface area contributed by atoms with E-state index < -0.39 is 0 Å². The number of hydrogen-bond acceptors (Lipinski definition) is 3. The van der Waals surface area contributed by atoms with E-state index in [9.17, 15) is 4.79 Å². The normalized spacial score (nSPS) is 12.1. The van der Waals surface area contributed by atoms with Crippen molar-refractivity contribution in [3.8, 4) is 0 Å². The van der Waals surface area contributed by atoms with E-state index in [4.69, 9.17) is 10.6 Å². The molecule has 0 heterocycles. The van der Waals surface area contributed by atoms with E-state index in [0.717, 1.165) is 19.4 Å². The Balaban J connectivity index is 2.05. The molecule has 0 saturated heterocycles. The third-order valence-electron chi connectivity index (χ3n) is 2.79. The molecule has 0 bridgehead atoms. The first-order chi connectivity index (χ1) is 8.72. The number of benzene rings is 1. The third-order valence-corrected chi connectivity index (χ3v) is 2.79. The molecular formula is C14H22N2O2. The first-order valence-electron chi connectivity index (χ1n) is 6.37. The fraction of sp³-hybridized carbons (Fsp3) is 0.500. The molecule has 3 N–H and O–H groups in total. The topological polar surface area (TPSA) is 64.4 Å². The Morgan fingerprint density at radius 2 is 2.11 bits per heavy atom. The number of carbonyl (C=O) groups excluding carboxylic acids is 1. The van der Waals surface area contributed by atoms with Crippen LogP contribution in [0.4, 0.5) is 0 Å². The number of nitrogens with one attached hydrogen (secondary N) is 1. The Labute approximate surface area is 108 Å². The SMILES string of the molecule is CC(CCC(=O)NN)OCCCc1ccccc1. The highest BCUT2D eigenvalue weighted by molar-refractivity contribution is 5.75. The number of hydrazine groups is 1. The lowest BCUT2D eigenvalue weighted by molar-refractivity contribution is -0.121. The molecule has 0 aliphatic rings. The van der Waals surface area contributed by atoms with Gasteiger partial charge in [-0.25, -0.2) is 5.84 Å². The van der Waals surface area contributed by atoms with E-state index >= 15 is 0 Å². The van der Waals surface area contributed by atoms with Gasteiger partial charge in [0.05, 0.1) is 6.10 Å². The van der Waals surface area contributed by atoms with Crippen molar-refractivity contribution in [2.75, 3.05) is 6.61 Å². The van der Waals surface area contributed by atoms with Gasteiger partial charge in [-0.3, -0.25) is 10.2 Å². The number of hydrogen-bond donors (Lipinski definition) is 2. The van der Waals surface area contributed by atoms with Crippen molar-refractivity contribution in [2.45, 2.75) is 38.7 Å². The van der Waals surface area contributed by atoms with Gasteiger partial charge in [-0.15, -0.1) is 0 Å². The highest BCUT2D eigenvalue weighted by Gasteiger charge is 2.05. The van der Waals surface area contributed by atoms with Crippen LogP contribution < -0.4 is 11.3 Å². The Morgan fingerprint density at radius 1 is 1.39 bits per heavy atom. The molecule has 1 aromatic carbocycles. The van der Waals surface area contributed by atoms with E-state index in [1.165, 1.54) is 5.56 Å². The zero-order chi connectivity index (χ0) is 13.2. The lowest BCUT2D eigenvalue weighted by atomic mass is 10.1. The largest absolute Gasteiger partial charge is 0.378 e. The van der Waals surface area contributed by atoms with Gasteiger partial charge in [0.1, 0.15) is 0 Å². The molecule has 100 valence electrons. The number of carbonyl (C=O) groups is 1. The van der Waals surface area contributed by atoms with Crippen molar-refractivity contribution in [2.24, 2.45) is 5.84 Å². The quantitative estimate of drug-likeness (QED) is 0.320. The van der Waals surface area contributed by atoms with Crippen LogP contribution in [0, 0.1) is 0 Å². The molecule has 0 aromatic heterocycles. The summed E-state index contributed by atoms with van der Waals surface area (Å²) in [7, 11) is 0. The fourth-order valence-electron chi connectivity index (χ4n) is 1.70. The maximum atomic E-state index is 10.9. The standard InChI is InChI=1S/C14H22N2O2/c1-12(9-10-14(17)16-15)18-11-5-8-13-6-3-2-4-7-13/h2-4,6-7,12H,5,8-11,15H2,1H3,(H,16,17). The van der Waals surface area contributed by atoms with Crippen LogP contribution in [0.3, 0.4) is 0 Å². The van der Waals surface area contributed by atoms with E-state index in [-0.39, 0.29) is 12.0 Å². The van der Waals surface area contributed by atoms with Gasteiger partial charge in [-0.05, 0) is 31.7 Å². The molecule has 1 atom stereocenters. The second-order valence-corrected chi connectivity index (χ2v) is 4.38. The van der Waals surface area contributed by atoms with E-state index in [0.29, 0.717) is 12.8 Å². The van der Waals surface area contributed by atoms with Crippen LogP contribution in [-0.2, 0) is 16.0 Å². The summed E-state index contributed by atoms with van der Waals surface area (Å²) in [4.78, 5) is 10.9. The summed E-state index contributed by atoms with van der Waals surface area (Å²) in [6, 6.07) is 10.4. The number of nitrogens with two attached hydrogens (primary N) is 1. The van der Waals surface area contributed by atoms with Crippen LogP contribution in [0.5, 0.6) is 0 Å². The van der Waals surface area contributed by atoms with Gasteiger partial charge >= 0.3 is 0 Å². The molecule has 1 unspecified atom stereocenters. The van der Waals surface area contributed by atoms with Gasteiger partial charge in [0.25, 0.3) is 0 Å². The van der Waals surface area contributed by atoms with Gasteiger partial charge in [-0.2, -0.15) is 0 Å². The second kappa shape index (κ2) is 8.66. The number of amides is 1. The average molecular weight is 250 g/mol. The van der Waals surface area contributed by atoms with Crippen molar-refractivity contribution in [3.05, 3.63) is 35.9 Å². The van der Waals surface area contributed by atoms with Crippen LogP contribution in [-0.4, -0.2) is 18.6 Å². The molecule has 18 heavy (non-hydrogen) atoms. The monoisotopic (exact) mass is 250 g/mol. The maximum absolute atomic E-state index is 10.9. The summed E-state index contributed by atoms with van der Waals surface area (Å²) in [6.45, 7) is 2.70. The summed E-state index contributed by atoms with van der Waals surface area (Å²) < 4.78 is 5.64. The number of ether oxygens (including phenoxy) is 1. The lowest BCUT2D eigenvalue weighted by Crippen LogP contribution is -2.30. The van der Waals surface area contributed by atoms with Gasteiger partial charge in [0, 0.05) is 13.0 Å². The highest BCUT2D eigenvalue weighted by atomic mass is 16.5. The van der Waals surface area contributed by atoms with Crippen LogP contribution in [0.1, 0.15) is 31.7 Å². The first kappa shape index (κ1) is 14.7. The first-order valence-corrected chi connectivity index (χ1v) is 6.37. The zero-order valence-electron chi connectivity index (χ0n) is 10.9. The van der Waals surface area contributed by atoms with Crippen molar-refractivity contribution in [1.29, 1.82) is 0 Å². The fourth-order valence-corrected chi connectivity index (χ4v) is 1.70. The minimum absolute atomic E-state index is 0.0954. The Morgan fingerprint density at radius 3 is 2.78 bits per heavy atom. The van der Waals surface area contributed by atoms with E-state index in [2.05, 4.69) is 17.6 Å². The van der Waals surface area contributed by atoms with Gasteiger partial charge < -0.3 is 4.74 Å². The molecule has 0 spiro atoms. The van der Waals surface area contributed by atoms with Crippen LogP contribution in [0.25, 0.3) is 0 Å². The van der Waals surface area contributed by atoms with Crippen LogP contribution in [0.2, 0.25) is 0 Å². The smallest absolute Gasteiger partial charge is 0.233 e. The minimum atomic E-state index is -0.144. The Hall–Kier alpha value is -1.39. The molecule has 1 aromatic rings. The van der Waals surface area contributed by atoms with E-state index in [1.54, 1.807) is 0 Å². The predicted molar refractivity (Wildman–Crippen MR) is 71.7 cm³/mol. The number of aryl methyl sites for hydroxylation is 1. The maximum Gasteiger partial charge on any atom is 0.233 e. The van der Waals surface area contributed by atoms with Crippen molar-refractivity contribution in [3.63, 3.8) is 0 Å². The number of rotatable bonds is 8. The summed E-state index contributed by atoms with van der Waals surface area (Å²) in [5.41, 5.74) is 3.44. The summed E-state index contributed by atoms with van der Waals surface area (Å²) >= 11 is 0. The zero-order valence-corrected chi connectivity index (χ0v) is 10.9. The summed E-state index contributed by atoms with van der Waals surface area (Å²) in [5, 5.41) is 0. The van der Waals surface area contributed by atoms with Crippen molar-refractivity contribution in [1.82, 2.24) is 5.43 Å². The highest BCUT2D eigenvalue weighted by Crippen LogP contribution is 2.05. The molecule has 4 heteroatoms. The Bertz CT molecular complexity index is 341. The molecule has 1 rings (SSSR count). The molecule has 4 nitrogen and oxygen atoms in total. The molecule has 0 aliphatic carbocycles. The van der Waals surface area contributed by atoms with Gasteiger partial charge in [0.2, 0.25) is 5.91 Å². The summed E-state index contributed by atoms with van der Waals surface area (Å²) in [6.07, 6.45) is 3.23. The molecule has 1 amide bonds. The molecule has 0 fully saturated rings. The average Bonchev–Trinajstić information content (AvgIpc) is 2.42. The van der Waals surface area contributed by atoms with Crippen LogP contribution in [0.15, 0.2) is 30.3 Å². The van der Waals surface area contributed by atoms with Gasteiger partial charge in [-0.1, -0.05) is 30.3 Å². The molecular weight excluding hydrogens is 228 g/mol. The van der Waals surface area contributed by atoms with Gasteiger partial charge in [0.15, 0.2) is 0 Å². The van der Waals surface area contributed by atoms with Crippen molar-refractivity contribution >= 4 is 5.91 Å². The van der Waals surface area contributed by atoms with Crippen LogP contribution >= 0.6 is 0 Å². The van der Waals surface area contributed by atoms with E-state index in [1.807, 2.05) is 25.1 Å². The molecule has 0 aliphatic heterocycles. The summed E-state index contributed by atoms with van der Waals surface area (Å²) in [5.74, 6) is 4.86. The second-order valence-electron chi connectivity index (χ2n) is 4.38. The predicted octanol–water partition coefficient (Wildman–Crippen LogP) is 1.79. The third kappa shape index (κ3) is 6.37. The lowest BCUT2D eigenvalue weighted by Gasteiger charge is -2.12. The molecule has 0 saturated carbocycles. The van der Waals surface area contributed by atoms with Crippen molar-refractivity contribution < 1.29 is 9.53 Å². The molecule has 0 radical (unpaired) electrons. The minimum Gasteiger partial charge on any atom is -0.378 e. The Kier molecular flexibility index (Phi) is 7.06.